The third-order valence-electron chi connectivity index (χ3n) is 6.40. The Bertz CT molecular complexity index is 1430. The normalized spacial score (nSPS) is 18.3. The lowest BCUT2D eigenvalue weighted by Gasteiger charge is -2.24. The highest BCUT2D eigenvalue weighted by Crippen LogP contribution is 2.37. The smallest absolute Gasteiger partial charge is 0.393 e. The van der Waals surface area contributed by atoms with Crippen LogP contribution in [0.25, 0.3) is 16.8 Å². The van der Waals surface area contributed by atoms with Crippen LogP contribution in [0, 0.1) is 0 Å². The van der Waals surface area contributed by atoms with Gasteiger partial charge in [0.15, 0.2) is 0 Å². The molecule has 0 bridgehead atoms. The molecule has 0 spiro atoms. The van der Waals surface area contributed by atoms with Crippen molar-refractivity contribution < 1.29 is 23.1 Å². The molecule has 1 aromatic carbocycles. The average Bonchev–Trinajstić information content (AvgIpc) is 3.25. The maximum atomic E-state index is 13.0. The summed E-state index contributed by atoms with van der Waals surface area (Å²) in [5, 5.41) is 12.3. The number of aromatic nitrogens is 4. The molecule has 1 saturated carbocycles. The largest absolute Gasteiger partial charge is 0.416 e. The van der Waals surface area contributed by atoms with Gasteiger partial charge in [-0.1, -0.05) is 12.1 Å². The first kappa shape index (κ1) is 23.7. The fourth-order valence-corrected chi connectivity index (χ4v) is 4.58. The van der Waals surface area contributed by atoms with Crippen molar-refractivity contribution in [3.8, 4) is 11.3 Å². The Morgan fingerprint density at radius 2 is 1.86 bits per heavy atom. The van der Waals surface area contributed by atoms with Crippen LogP contribution in [0.4, 0.5) is 24.8 Å². The number of nitrogens with one attached hydrogen (secondary N) is 1. The quantitative estimate of drug-likeness (QED) is 0.378. The van der Waals surface area contributed by atoms with Crippen molar-refractivity contribution in [1.29, 1.82) is 0 Å². The number of anilines is 2. The van der Waals surface area contributed by atoms with Gasteiger partial charge in [0.25, 0.3) is 5.91 Å². The number of pyridine rings is 1. The molecule has 1 aliphatic carbocycles. The van der Waals surface area contributed by atoms with Crippen molar-refractivity contribution in [2.75, 3.05) is 11.1 Å². The summed E-state index contributed by atoms with van der Waals surface area (Å²) in [5.41, 5.74) is 7.30. The SMILES string of the molecule is Nc1nccn2c(C3CCC(O)CC3)nc(-c3cccc(C(=O)Nc4cc(C(F)(F)F)ccn4)c3)c12. The first-order valence-corrected chi connectivity index (χ1v) is 11.5. The Hall–Kier alpha value is -3.99. The standard InChI is InChI=1S/C25H23F3N6O2/c26-25(27,28)17-8-9-30-19(13-17)32-24(36)16-3-1-2-15(12-16)20-21-22(29)31-10-11-34(21)23(33-20)14-4-6-18(35)7-5-14/h1-3,8-14,18,35H,4-7H2,(H2,29,31)(H,30,32,36). The summed E-state index contributed by atoms with van der Waals surface area (Å²) in [6, 6.07) is 8.22. The molecule has 0 radical (unpaired) electrons. The maximum Gasteiger partial charge on any atom is 0.416 e. The Balaban J connectivity index is 1.49. The third-order valence-corrected chi connectivity index (χ3v) is 6.40. The van der Waals surface area contributed by atoms with Crippen LogP contribution in [0.1, 0.15) is 53.3 Å². The number of imidazole rings is 1. The van der Waals surface area contributed by atoms with Crippen molar-refractivity contribution >= 4 is 23.1 Å². The Kier molecular flexibility index (Phi) is 6.09. The van der Waals surface area contributed by atoms with Crippen LogP contribution in [-0.2, 0) is 6.18 Å². The highest BCUT2D eigenvalue weighted by Gasteiger charge is 2.31. The molecule has 4 N–H and O–H groups in total. The number of hydrogen-bond acceptors (Lipinski definition) is 6. The predicted octanol–water partition coefficient (Wildman–Crippen LogP) is 4.66. The number of benzene rings is 1. The highest BCUT2D eigenvalue weighted by molar-refractivity contribution is 6.04. The van der Waals surface area contributed by atoms with Crippen molar-refractivity contribution in [3.63, 3.8) is 0 Å². The van der Waals surface area contributed by atoms with Gasteiger partial charge in [-0.15, -0.1) is 0 Å². The number of hydrogen-bond donors (Lipinski definition) is 3. The molecule has 11 heteroatoms. The number of aliphatic hydroxyl groups excluding tert-OH is 1. The minimum Gasteiger partial charge on any atom is -0.393 e. The number of fused-ring (bicyclic) bond motifs is 1. The van der Waals surface area contributed by atoms with Gasteiger partial charge < -0.3 is 16.2 Å². The Morgan fingerprint density at radius 1 is 1.08 bits per heavy atom. The lowest BCUT2D eigenvalue weighted by atomic mass is 9.87. The number of aliphatic hydroxyl groups is 1. The van der Waals surface area contributed by atoms with E-state index in [0.29, 0.717) is 29.6 Å². The number of nitrogens with zero attached hydrogens (tertiary/aromatic N) is 4. The Labute approximate surface area is 204 Å². The summed E-state index contributed by atoms with van der Waals surface area (Å²) < 4.78 is 40.9. The van der Waals surface area contributed by atoms with Crippen LogP contribution < -0.4 is 11.1 Å². The van der Waals surface area contributed by atoms with Crippen molar-refractivity contribution in [2.45, 2.75) is 43.9 Å². The second kappa shape index (κ2) is 9.23. The fourth-order valence-electron chi connectivity index (χ4n) is 4.58. The molecule has 4 aromatic rings. The van der Waals surface area contributed by atoms with Gasteiger partial charge in [-0.05, 0) is 49.9 Å². The average molecular weight is 496 g/mol. The van der Waals surface area contributed by atoms with E-state index in [9.17, 15) is 23.1 Å². The first-order valence-electron chi connectivity index (χ1n) is 11.5. The summed E-state index contributed by atoms with van der Waals surface area (Å²) in [7, 11) is 0. The number of nitrogen functional groups attached to an aromatic ring is 1. The molecule has 5 rings (SSSR count). The molecule has 1 fully saturated rings. The van der Waals surface area contributed by atoms with Gasteiger partial charge >= 0.3 is 6.18 Å². The first-order chi connectivity index (χ1) is 17.2. The molecular formula is C25H23F3N6O2. The number of amides is 1. The molecule has 8 nitrogen and oxygen atoms in total. The van der Waals surface area contributed by atoms with Gasteiger partial charge in [-0.3, -0.25) is 9.20 Å². The van der Waals surface area contributed by atoms with E-state index in [1.165, 1.54) is 0 Å². The van der Waals surface area contributed by atoms with Crippen molar-refractivity contribution in [2.24, 2.45) is 0 Å². The van der Waals surface area contributed by atoms with Gasteiger partial charge in [0.2, 0.25) is 0 Å². The summed E-state index contributed by atoms with van der Waals surface area (Å²) in [4.78, 5) is 25.8. The van der Waals surface area contributed by atoms with Gasteiger partial charge in [0.1, 0.15) is 28.7 Å². The molecule has 3 aromatic heterocycles. The van der Waals surface area contributed by atoms with E-state index >= 15 is 0 Å². The van der Waals surface area contributed by atoms with Crippen LogP contribution in [0.5, 0.6) is 0 Å². The van der Waals surface area contributed by atoms with E-state index < -0.39 is 17.6 Å². The highest BCUT2D eigenvalue weighted by atomic mass is 19.4. The van der Waals surface area contributed by atoms with Gasteiger partial charge in [0, 0.05) is 35.6 Å². The minimum atomic E-state index is -4.55. The molecular weight excluding hydrogens is 473 g/mol. The topological polar surface area (TPSA) is 118 Å². The maximum absolute atomic E-state index is 13.0. The second-order valence-electron chi connectivity index (χ2n) is 8.82. The van der Waals surface area contributed by atoms with E-state index in [0.717, 1.165) is 37.0 Å². The molecule has 0 atom stereocenters. The van der Waals surface area contributed by atoms with Crippen LogP contribution in [0.2, 0.25) is 0 Å². The molecule has 36 heavy (non-hydrogen) atoms. The van der Waals surface area contributed by atoms with Crippen molar-refractivity contribution in [1.82, 2.24) is 19.4 Å². The predicted molar refractivity (Wildman–Crippen MR) is 127 cm³/mol. The van der Waals surface area contributed by atoms with Gasteiger partial charge in [-0.2, -0.15) is 13.2 Å². The number of carbonyl (C=O) groups is 1. The zero-order chi connectivity index (χ0) is 25.4. The molecule has 0 saturated heterocycles. The van der Waals surface area contributed by atoms with Gasteiger partial charge in [-0.25, -0.2) is 15.0 Å². The van der Waals surface area contributed by atoms with E-state index in [-0.39, 0.29) is 29.2 Å². The van der Waals surface area contributed by atoms with E-state index in [1.807, 2.05) is 4.40 Å². The number of nitrogens with two attached hydrogens (primary N) is 1. The zero-order valence-corrected chi connectivity index (χ0v) is 19.0. The molecule has 3 heterocycles. The van der Waals surface area contributed by atoms with Crippen LogP contribution in [0.3, 0.4) is 0 Å². The number of rotatable bonds is 4. The van der Waals surface area contributed by atoms with E-state index in [4.69, 9.17) is 10.7 Å². The second-order valence-corrected chi connectivity index (χ2v) is 8.82. The number of halogens is 3. The minimum absolute atomic E-state index is 0.134. The molecule has 186 valence electrons. The van der Waals surface area contributed by atoms with Gasteiger partial charge in [0.05, 0.1) is 11.7 Å². The fraction of sp³-hybridized carbons (Fsp3) is 0.280. The summed E-state index contributed by atoms with van der Waals surface area (Å²) in [6.45, 7) is 0. The summed E-state index contributed by atoms with van der Waals surface area (Å²) >= 11 is 0. The van der Waals surface area contributed by atoms with Crippen LogP contribution >= 0.6 is 0 Å². The van der Waals surface area contributed by atoms with Crippen LogP contribution in [0.15, 0.2) is 55.0 Å². The zero-order valence-electron chi connectivity index (χ0n) is 19.0. The molecule has 1 aliphatic rings. The number of carbonyl (C=O) groups excluding carboxylic acids is 1. The molecule has 1 amide bonds. The third kappa shape index (κ3) is 4.61. The van der Waals surface area contributed by atoms with Crippen LogP contribution in [-0.4, -0.2) is 36.5 Å². The number of alkyl halides is 3. The lowest BCUT2D eigenvalue weighted by Crippen LogP contribution is -2.18. The summed E-state index contributed by atoms with van der Waals surface area (Å²) in [5.74, 6) is 0.409. The monoisotopic (exact) mass is 496 g/mol. The molecule has 0 aliphatic heterocycles. The Morgan fingerprint density at radius 3 is 2.61 bits per heavy atom. The molecule has 0 unspecified atom stereocenters. The lowest BCUT2D eigenvalue weighted by molar-refractivity contribution is -0.137. The van der Waals surface area contributed by atoms with Crippen molar-refractivity contribution in [3.05, 3.63) is 71.9 Å². The summed E-state index contributed by atoms with van der Waals surface area (Å²) in [6.07, 6.45) is 2.48. The van der Waals surface area contributed by atoms with E-state index in [2.05, 4.69) is 15.3 Å². The van der Waals surface area contributed by atoms with E-state index in [1.54, 1.807) is 36.7 Å².